The summed E-state index contributed by atoms with van der Waals surface area (Å²) in [4.78, 5) is 9.45. The Labute approximate surface area is 136 Å². The molecule has 0 spiro atoms. The van der Waals surface area contributed by atoms with E-state index in [1.54, 1.807) is 0 Å². The first-order valence-corrected chi connectivity index (χ1v) is 7.89. The van der Waals surface area contributed by atoms with Crippen LogP contribution in [0, 0.1) is 13.8 Å². The molecule has 0 N–H and O–H groups in total. The van der Waals surface area contributed by atoms with E-state index >= 15 is 0 Å². The molecular weight excluding hydrogens is 385 g/mol. The summed E-state index contributed by atoms with van der Waals surface area (Å²) in [5.41, 5.74) is 5.05. The van der Waals surface area contributed by atoms with Crippen LogP contribution in [-0.4, -0.2) is 14.4 Å². The van der Waals surface area contributed by atoms with Crippen molar-refractivity contribution in [3.05, 3.63) is 40.4 Å². The van der Waals surface area contributed by atoms with Crippen molar-refractivity contribution >= 4 is 50.7 Å². The standard InChI is InChI=1S/C15H15ClIN3/c1-8-13-9(2)19-14(15(3,4)17)20(13)12-7-10(16)5-6-11(12)18-8/h5-7H,1-4H3. The fourth-order valence-electron chi connectivity index (χ4n) is 2.59. The summed E-state index contributed by atoms with van der Waals surface area (Å²) in [6.45, 7) is 8.39. The molecule has 0 aliphatic heterocycles. The first-order chi connectivity index (χ1) is 9.29. The number of aromatic nitrogens is 3. The highest BCUT2D eigenvalue weighted by molar-refractivity contribution is 14.1. The van der Waals surface area contributed by atoms with Gasteiger partial charge < -0.3 is 0 Å². The highest BCUT2D eigenvalue weighted by atomic mass is 127. The smallest absolute Gasteiger partial charge is 0.129 e. The second-order valence-electron chi connectivity index (χ2n) is 5.51. The van der Waals surface area contributed by atoms with E-state index in [1.165, 1.54) is 0 Å². The van der Waals surface area contributed by atoms with Crippen LogP contribution in [0.3, 0.4) is 0 Å². The Morgan fingerprint density at radius 1 is 1.15 bits per heavy atom. The first kappa shape index (κ1) is 14.1. The lowest BCUT2D eigenvalue weighted by Gasteiger charge is -2.16. The van der Waals surface area contributed by atoms with Gasteiger partial charge in [0.1, 0.15) is 5.82 Å². The third-order valence-electron chi connectivity index (χ3n) is 3.39. The molecule has 0 saturated heterocycles. The lowest BCUT2D eigenvalue weighted by Crippen LogP contribution is -2.13. The van der Waals surface area contributed by atoms with E-state index in [4.69, 9.17) is 16.6 Å². The minimum absolute atomic E-state index is 0.0715. The van der Waals surface area contributed by atoms with Crippen molar-refractivity contribution in [2.45, 2.75) is 31.1 Å². The molecule has 2 heterocycles. The maximum atomic E-state index is 6.17. The Morgan fingerprint density at radius 2 is 1.80 bits per heavy atom. The molecule has 104 valence electrons. The maximum Gasteiger partial charge on any atom is 0.129 e. The van der Waals surface area contributed by atoms with Crippen LogP contribution in [0.5, 0.6) is 0 Å². The van der Waals surface area contributed by atoms with E-state index < -0.39 is 0 Å². The number of hydrogen-bond donors (Lipinski definition) is 0. The minimum atomic E-state index is -0.0715. The monoisotopic (exact) mass is 399 g/mol. The van der Waals surface area contributed by atoms with E-state index in [1.807, 2.05) is 32.0 Å². The van der Waals surface area contributed by atoms with Crippen molar-refractivity contribution in [1.29, 1.82) is 0 Å². The topological polar surface area (TPSA) is 30.2 Å². The fourth-order valence-corrected chi connectivity index (χ4v) is 3.12. The van der Waals surface area contributed by atoms with Gasteiger partial charge in [0.2, 0.25) is 0 Å². The van der Waals surface area contributed by atoms with Gasteiger partial charge in [-0.2, -0.15) is 0 Å². The third-order valence-corrected chi connectivity index (χ3v) is 4.11. The van der Waals surface area contributed by atoms with Crippen molar-refractivity contribution in [2.24, 2.45) is 0 Å². The Morgan fingerprint density at radius 3 is 2.45 bits per heavy atom. The molecule has 5 heteroatoms. The molecule has 0 aliphatic carbocycles. The molecule has 0 aliphatic rings. The van der Waals surface area contributed by atoms with E-state index in [9.17, 15) is 0 Å². The summed E-state index contributed by atoms with van der Waals surface area (Å²) < 4.78 is 2.13. The molecule has 2 aromatic heterocycles. The summed E-state index contributed by atoms with van der Waals surface area (Å²) in [5, 5.41) is 0.716. The van der Waals surface area contributed by atoms with Crippen molar-refractivity contribution in [3.63, 3.8) is 0 Å². The lowest BCUT2D eigenvalue weighted by molar-refractivity contribution is 0.743. The molecule has 3 rings (SSSR count). The molecule has 0 atom stereocenters. The molecule has 1 aromatic carbocycles. The third kappa shape index (κ3) is 2.09. The number of rotatable bonds is 1. The molecule has 20 heavy (non-hydrogen) atoms. The van der Waals surface area contributed by atoms with Crippen LogP contribution in [0.25, 0.3) is 16.6 Å². The predicted octanol–water partition coefficient (Wildman–Crippen LogP) is 4.82. The average Bonchev–Trinajstić information content (AvgIpc) is 2.69. The Balaban J connectivity index is 2.61. The van der Waals surface area contributed by atoms with Gasteiger partial charge >= 0.3 is 0 Å². The molecule has 3 aromatic rings. The van der Waals surface area contributed by atoms with Crippen LogP contribution < -0.4 is 0 Å². The number of aryl methyl sites for hydroxylation is 2. The summed E-state index contributed by atoms with van der Waals surface area (Å²) in [6, 6.07) is 5.80. The highest BCUT2D eigenvalue weighted by Crippen LogP contribution is 2.34. The van der Waals surface area contributed by atoms with Gasteiger partial charge in [0.25, 0.3) is 0 Å². The molecule has 0 amide bonds. The van der Waals surface area contributed by atoms with Crippen LogP contribution in [0.15, 0.2) is 18.2 Å². The zero-order valence-electron chi connectivity index (χ0n) is 11.8. The van der Waals surface area contributed by atoms with Gasteiger partial charge in [0.05, 0.1) is 31.4 Å². The lowest BCUT2D eigenvalue weighted by atomic mass is 10.2. The number of alkyl halides is 1. The van der Waals surface area contributed by atoms with Crippen molar-refractivity contribution in [1.82, 2.24) is 14.4 Å². The number of fused-ring (bicyclic) bond motifs is 3. The number of hydrogen-bond acceptors (Lipinski definition) is 2. The maximum absolute atomic E-state index is 6.17. The number of benzene rings is 1. The summed E-state index contributed by atoms with van der Waals surface area (Å²) in [7, 11) is 0. The SMILES string of the molecule is Cc1nc(C(C)(C)I)n2c1c(C)nc1ccc(Cl)cc12. The van der Waals surface area contributed by atoms with E-state index in [0.717, 1.165) is 33.8 Å². The molecule has 0 bridgehead atoms. The van der Waals surface area contributed by atoms with Gasteiger partial charge in [-0.05, 0) is 45.9 Å². The fraction of sp³-hybridized carbons (Fsp3) is 0.333. The van der Waals surface area contributed by atoms with Crippen molar-refractivity contribution in [3.8, 4) is 0 Å². The summed E-state index contributed by atoms with van der Waals surface area (Å²) >= 11 is 8.59. The molecular formula is C15H15ClIN3. The van der Waals surface area contributed by atoms with Crippen LogP contribution in [0.2, 0.25) is 5.02 Å². The number of imidazole rings is 1. The molecule has 0 radical (unpaired) electrons. The van der Waals surface area contributed by atoms with Gasteiger partial charge in [0.15, 0.2) is 0 Å². The molecule has 0 fully saturated rings. The second-order valence-corrected chi connectivity index (χ2v) is 8.64. The zero-order chi connectivity index (χ0) is 14.7. The largest absolute Gasteiger partial charge is 0.291 e. The van der Waals surface area contributed by atoms with Crippen molar-refractivity contribution < 1.29 is 0 Å². The highest BCUT2D eigenvalue weighted by Gasteiger charge is 2.25. The predicted molar refractivity (Wildman–Crippen MR) is 92.0 cm³/mol. The van der Waals surface area contributed by atoms with Crippen LogP contribution >= 0.6 is 34.2 Å². The Bertz CT molecular complexity index is 831. The van der Waals surface area contributed by atoms with Gasteiger partial charge in [-0.25, -0.2) is 9.97 Å². The van der Waals surface area contributed by atoms with E-state index in [0.29, 0.717) is 5.02 Å². The van der Waals surface area contributed by atoms with Crippen LogP contribution in [0.4, 0.5) is 0 Å². The average molecular weight is 400 g/mol. The summed E-state index contributed by atoms with van der Waals surface area (Å²) in [6.07, 6.45) is 0. The van der Waals surface area contributed by atoms with Crippen LogP contribution in [-0.2, 0) is 3.42 Å². The normalized spacial score (nSPS) is 12.5. The van der Waals surface area contributed by atoms with Gasteiger partial charge in [-0.3, -0.25) is 4.40 Å². The van der Waals surface area contributed by atoms with E-state index in [-0.39, 0.29) is 3.42 Å². The van der Waals surface area contributed by atoms with Crippen LogP contribution in [0.1, 0.15) is 31.1 Å². The Kier molecular flexibility index (Phi) is 3.21. The minimum Gasteiger partial charge on any atom is -0.291 e. The van der Waals surface area contributed by atoms with Gasteiger partial charge in [0, 0.05) is 5.02 Å². The summed E-state index contributed by atoms with van der Waals surface area (Å²) in [5.74, 6) is 1.03. The molecule has 0 saturated carbocycles. The van der Waals surface area contributed by atoms with Crippen molar-refractivity contribution in [2.75, 3.05) is 0 Å². The van der Waals surface area contributed by atoms with Gasteiger partial charge in [-0.1, -0.05) is 34.2 Å². The zero-order valence-corrected chi connectivity index (χ0v) is 14.7. The molecule has 3 nitrogen and oxygen atoms in total. The van der Waals surface area contributed by atoms with Gasteiger partial charge in [-0.15, -0.1) is 0 Å². The van der Waals surface area contributed by atoms with E-state index in [2.05, 4.69) is 45.8 Å². The first-order valence-electron chi connectivity index (χ1n) is 6.43. The number of nitrogens with zero attached hydrogens (tertiary/aromatic N) is 3. The Hall–Kier alpha value is -0.880. The second kappa shape index (κ2) is 4.56. The number of halogens is 2. The quantitative estimate of drug-likeness (QED) is 0.434. The molecule has 0 unspecified atom stereocenters.